The normalized spacial score (nSPS) is 21.8. The third-order valence-corrected chi connectivity index (χ3v) is 7.59. The molecule has 1 spiro atoms. The van der Waals surface area contributed by atoms with E-state index >= 15 is 0 Å². The molecule has 11 heteroatoms. The minimum atomic E-state index is -4.64. The van der Waals surface area contributed by atoms with Gasteiger partial charge < -0.3 is 9.80 Å². The molecule has 2 aliphatic heterocycles. The number of amides is 1. The Morgan fingerprint density at radius 1 is 1.26 bits per heavy atom. The van der Waals surface area contributed by atoms with Crippen molar-refractivity contribution in [3.05, 3.63) is 29.3 Å². The van der Waals surface area contributed by atoms with E-state index in [9.17, 15) is 26.4 Å². The summed E-state index contributed by atoms with van der Waals surface area (Å²) in [5, 5.41) is 8.99. The van der Waals surface area contributed by atoms with Crippen molar-refractivity contribution in [1.29, 1.82) is 5.26 Å². The Balaban J connectivity index is 1.86. The maximum Gasteiger partial charge on any atom is 0.417 e. The van der Waals surface area contributed by atoms with Gasteiger partial charge in [0.2, 0.25) is 15.9 Å². The van der Waals surface area contributed by atoms with E-state index in [4.69, 9.17) is 5.26 Å². The lowest BCUT2D eigenvalue weighted by molar-refractivity contribution is -0.138. The van der Waals surface area contributed by atoms with Crippen molar-refractivity contribution in [1.82, 2.24) is 9.21 Å². The highest BCUT2D eigenvalue weighted by atomic mass is 32.2. The van der Waals surface area contributed by atoms with E-state index in [1.54, 1.807) is 25.1 Å². The van der Waals surface area contributed by atoms with Crippen LogP contribution in [0.15, 0.2) is 18.2 Å². The number of halogens is 3. The number of hydrogen-bond donors (Lipinski definition) is 0. The van der Waals surface area contributed by atoms with Gasteiger partial charge in [0.1, 0.15) is 0 Å². The molecule has 3 rings (SSSR count). The first-order valence-electron chi connectivity index (χ1n) is 9.81. The zero-order chi connectivity index (χ0) is 23.2. The smallest absolute Gasteiger partial charge is 0.371 e. The van der Waals surface area contributed by atoms with Crippen LogP contribution in [0.4, 0.5) is 18.9 Å². The number of alkyl halides is 3. The van der Waals surface area contributed by atoms with E-state index in [0.29, 0.717) is 31.6 Å². The summed E-state index contributed by atoms with van der Waals surface area (Å²) in [4.78, 5) is 16.1. The number of nitriles is 1. The first-order chi connectivity index (χ1) is 14.3. The van der Waals surface area contributed by atoms with Crippen molar-refractivity contribution in [3.63, 3.8) is 0 Å². The van der Waals surface area contributed by atoms with Crippen molar-refractivity contribution >= 4 is 21.6 Å². The molecule has 1 aromatic rings. The SMILES string of the molecule is CN(C)C(=O)C1CN(S(C)(=O)=O)CC12CCN(c1ccc(C#N)c(C(F)(F)F)c1)CC2. The van der Waals surface area contributed by atoms with Crippen LogP contribution in [0.3, 0.4) is 0 Å². The molecular formula is C20H25F3N4O3S. The van der Waals surface area contributed by atoms with Gasteiger partial charge >= 0.3 is 6.18 Å². The Kier molecular flexibility index (Phi) is 6.01. The van der Waals surface area contributed by atoms with E-state index < -0.39 is 38.7 Å². The van der Waals surface area contributed by atoms with Gasteiger partial charge in [0.05, 0.1) is 29.4 Å². The summed E-state index contributed by atoms with van der Waals surface area (Å²) >= 11 is 0. The average molecular weight is 459 g/mol. The average Bonchev–Trinajstić information content (AvgIpc) is 3.06. The van der Waals surface area contributed by atoms with Crippen molar-refractivity contribution in [2.45, 2.75) is 19.0 Å². The minimum Gasteiger partial charge on any atom is -0.371 e. The Morgan fingerprint density at radius 3 is 2.35 bits per heavy atom. The number of benzene rings is 1. The first-order valence-corrected chi connectivity index (χ1v) is 11.7. The monoisotopic (exact) mass is 458 g/mol. The minimum absolute atomic E-state index is 0.116. The number of nitrogens with zero attached hydrogens (tertiary/aromatic N) is 4. The number of piperidine rings is 1. The molecule has 0 N–H and O–H groups in total. The van der Waals surface area contributed by atoms with Gasteiger partial charge in [-0.1, -0.05) is 0 Å². The van der Waals surface area contributed by atoms with Crippen LogP contribution >= 0.6 is 0 Å². The summed E-state index contributed by atoms with van der Waals surface area (Å²) in [5.74, 6) is -0.636. The largest absolute Gasteiger partial charge is 0.417 e. The molecule has 7 nitrogen and oxygen atoms in total. The lowest BCUT2D eigenvalue weighted by Gasteiger charge is -2.43. The molecule has 0 saturated carbocycles. The van der Waals surface area contributed by atoms with Gasteiger partial charge in [0.15, 0.2) is 0 Å². The lowest BCUT2D eigenvalue weighted by Crippen LogP contribution is -2.48. The van der Waals surface area contributed by atoms with Gasteiger partial charge in [-0.2, -0.15) is 18.4 Å². The quantitative estimate of drug-likeness (QED) is 0.693. The van der Waals surface area contributed by atoms with E-state index in [1.807, 2.05) is 0 Å². The molecule has 1 unspecified atom stereocenters. The van der Waals surface area contributed by atoms with Gasteiger partial charge in [0, 0.05) is 51.4 Å². The fourth-order valence-corrected chi connectivity index (χ4v) is 5.52. The Hall–Kier alpha value is -2.32. The van der Waals surface area contributed by atoms with Crippen molar-refractivity contribution in [3.8, 4) is 6.07 Å². The highest BCUT2D eigenvalue weighted by molar-refractivity contribution is 7.88. The predicted octanol–water partition coefficient (Wildman–Crippen LogP) is 2.14. The number of carbonyl (C=O) groups is 1. The molecule has 1 atom stereocenters. The predicted molar refractivity (Wildman–Crippen MR) is 109 cm³/mol. The summed E-state index contributed by atoms with van der Waals surface area (Å²) < 4.78 is 65.6. The maximum absolute atomic E-state index is 13.3. The maximum atomic E-state index is 13.3. The van der Waals surface area contributed by atoms with E-state index in [0.717, 1.165) is 12.3 Å². The molecular weight excluding hydrogens is 433 g/mol. The molecule has 1 aromatic carbocycles. The molecule has 2 saturated heterocycles. The number of sulfonamides is 1. The number of anilines is 1. The molecule has 0 aromatic heterocycles. The van der Waals surface area contributed by atoms with Gasteiger partial charge in [-0.25, -0.2) is 12.7 Å². The number of hydrogen-bond acceptors (Lipinski definition) is 5. The first kappa shape index (κ1) is 23.3. The van der Waals surface area contributed by atoms with Crippen LogP contribution in [0, 0.1) is 22.7 Å². The Bertz CT molecular complexity index is 1010. The van der Waals surface area contributed by atoms with Crippen LogP contribution in [-0.4, -0.2) is 70.1 Å². The van der Waals surface area contributed by atoms with Gasteiger partial charge in [0.25, 0.3) is 0 Å². The molecule has 0 aliphatic carbocycles. The lowest BCUT2D eigenvalue weighted by atomic mass is 9.70. The number of carbonyl (C=O) groups excluding carboxylic acids is 1. The second-order valence-electron chi connectivity index (χ2n) is 8.53. The van der Waals surface area contributed by atoms with Crippen LogP contribution in [-0.2, 0) is 21.0 Å². The summed E-state index contributed by atoms with van der Waals surface area (Å²) in [6, 6.07) is 5.22. The second kappa shape index (κ2) is 7.98. The fourth-order valence-electron chi connectivity index (χ4n) is 4.61. The molecule has 2 fully saturated rings. The highest BCUT2D eigenvalue weighted by Crippen LogP contribution is 2.47. The van der Waals surface area contributed by atoms with Crippen LogP contribution in [0.5, 0.6) is 0 Å². The van der Waals surface area contributed by atoms with Gasteiger partial charge in [-0.05, 0) is 31.0 Å². The van der Waals surface area contributed by atoms with Crippen LogP contribution in [0.1, 0.15) is 24.0 Å². The molecule has 0 radical (unpaired) electrons. The Labute approximate surface area is 180 Å². The van der Waals surface area contributed by atoms with Crippen molar-refractivity contribution in [2.75, 3.05) is 51.4 Å². The topological polar surface area (TPSA) is 84.7 Å². The van der Waals surface area contributed by atoms with E-state index in [1.165, 1.54) is 21.3 Å². The molecule has 0 bridgehead atoms. The molecule has 2 heterocycles. The van der Waals surface area contributed by atoms with Crippen LogP contribution in [0.2, 0.25) is 0 Å². The highest BCUT2D eigenvalue weighted by Gasteiger charge is 2.53. The zero-order valence-electron chi connectivity index (χ0n) is 17.6. The van der Waals surface area contributed by atoms with Gasteiger partial charge in [-0.15, -0.1) is 0 Å². The third-order valence-electron chi connectivity index (χ3n) is 6.38. The van der Waals surface area contributed by atoms with E-state index in [-0.39, 0.29) is 19.0 Å². The number of rotatable bonds is 3. The summed E-state index contributed by atoms with van der Waals surface area (Å²) in [6.07, 6.45) is -2.56. The Morgan fingerprint density at radius 2 is 1.87 bits per heavy atom. The summed E-state index contributed by atoms with van der Waals surface area (Å²) in [6.45, 7) is 1.12. The molecule has 170 valence electrons. The summed E-state index contributed by atoms with van der Waals surface area (Å²) in [5.41, 5.74) is -1.60. The van der Waals surface area contributed by atoms with E-state index in [2.05, 4.69) is 0 Å². The van der Waals surface area contributed by atoms with Gasteiger partial charge in [-0.3, -0.25) is 4.79 Å². The fraction of sp³-hybridized carbons (Fsp3) is 0.600. The standard InChI is InChI=1S/C20H25F3N4O3S/c1-25(2)18(28)17-12-27(31(3,29)30)13-19(17)6-8-26(9-7-19)15-5-4-14(11-24)16(10-15)20(21,22)23/h4-5,10,17H,6-9,12-13H2,1-3H3. The van der Waals surface area contributed by atoms with Crippen molar-refractivity contribution < 1.29 is 26.4 Å². The van der Waals surface area contributed by atoms with Crippen LogP contribution in [0.25, 0.3) is 0 Å². The van der Waals surface area contributed by atoms with Crippen molar-refractivity contribution in [2.24, 2.45) is 11.3 Å². The molecule has 1 amide bonds. The summed E-state index contributed by atoms with van der Waals surface area (Å²) in [7, 11) is -0.215. The molecule has 2 aliphatic rings. The molecule has 31 heavy (non-hydrogen) atoms. The second-order valence-corrected chi connectivity index (χ2v) is 10.5. The zero-order valence-corrected chi connectivity index (χ0v) is 18.4. The van der Waals surface area contributed by atoms with Crippen LogP contribution < -0.4 is 4.90 Å². The third kappa shape index (κ3) is 4.50.